The van der Waals surface area contributed by atoms with E-state index in [-0.39, 0.29) is 6.10 Å². The van der Waals surface area contributed by atoms with E-state index in [4.69, 9.17) is 4.74 Å². The van der Waals surface area contributed by atoms with Gasteiger partial charge in [0.05, 0.1) is 0 Å². The molecule has 1 saturated carbocycles. The van der Waals surface area contributed by atoms with Crippen molar-refractivity contribution in [2.75, 3.05) is 0 Å². The first-order valence-corrected chi connectivity index (χ1v) is 4.77. The fourth-order valence-electron chi connectivity index (χ4n) is 1.47. The van der Waals surface area contributed by atoms with E-state index in [1.54, 1.807) is 0 Å². The highest BCUT2D eigenvalue weighted by Crippen LogP contribution is 2.20. The Kier molecular flexibility index (Phi) is 4.16. The molecule has 0 N–H and O–H groups in total. The summed E-state index contributed by atoms with van der Waals surface area (Å²) < 4.78 is 9.22. The van der Waals surface area contributed by atoms with E-state index in [1.165, 1.54) is 6.42 Å². The highest BCUT2D eigenvalue weighted by molar-refractivity contribution is 5.89. The fourth-order valence-corrected chi connectivity index (χ4v) is 1.47. The van der Waals surface area contributed by atoms with Crippen LogP contribution in [0.2, 0.25) is 0 Å². The topological polar surface area (TPSA) is 52.6 Å². The molecule has 1 aliphatic rings. The van der Waals surface area contributed by atoms with E-state index >= 15 is 0 Å². The molecule has 0 amide bonds. The van der Waals surface area contributed by atoms with Crippen molar-refractivity contribution >= 4 is 12.1 Å². The zero-order chi connectivity index (χ0) is 10.4. The van der Waals surface area contributed by atoms with Crippen molar-refractivity contribution in [2.45, 2.75) is 38.2 Å². The highest BCUT2D eigenvalue weighted by Gasteiger charge is 2.19. The van der Waals surface area contributed by atoms with E-state index in [0.29, 0.717) is 0 Å². The first-order valence-electron chi connectivity index (χ1n) is 4.77. The van der Waals surface area contributed by atoms with Gasteiger partial charge in [0.1, 0.15) is 6.10 Å². The molecule has 0 heterocycles. The van der Waals surface area contributed by atoms with Gasteiger partial charge in [-0.2, -0.15) is 0 Å². The fraction of sp³-hybridized carbons (Fsp3) is 0.600. The van der Waals surface area contributed by atoms with Crippen molar-refractivity contribution in [1.29, 1.82) is 0 Å². The molecule has 0 aromatic heterocycles. The van der Waals surface area contributed by atoms with Crippen molar-refractivity contribution in [2.24, 2.45) is 0 Å². The van der Waals surface area contributed by atoms with Gasteiger partial charge in [0.25, 0.3) is 0 Å². The van der Waals surface area contributed by atoms with Crippen LogP contribution in [-0.2, 0) is 14.3 Å². The third-order valence-corrected chi connectivity index (χ3v) is 2.17. The van der Waals surface area contributed by atoms with Gasteiger partial charge >= 0.3 is 12.1 Å². The zero-order valence-corrected chi connectivity index (χ0v) is 8.03. The molecule has 1 aliphatic carbocycles. The molecule has 0 radical (unpaired) electrons. The highest BCUT2D eigenvalue weighted by atomic mass is 16.7. The van der Waals surface area contributed by atoms with Crippen molar-refractivity contribution in [3.63, 3.8) is 0 Å². The number of carbonyl (C=O) groups is 2. The van der Waals surface area contributed by atoms with Crippen molar-refractivity contribution in [3.8, 4) is 0 Å². The quantitative estimate of drug-likeness (QED) is 0.387. The van der Waals surface area contributed by atoms with Gasteiger partial charge in [-0.05, 0) is 25.7 Å². The van der Waals surface area contributed by atoms with Crippen LogP contribution >= 0.6 is 0 Å². The molecule has 0 spiro atoms. The minimum atomic E-state index is -0.915. The van der Waals surface area contributed by atoms with Crippen molar-refractivity contribution in [1.82, 2.24) is 0 Å². The Labute approximate surface area is 82.9 Å². The number of rotatable bonds is 2. The summed E-state index contributed by atoms with van der Waals surface area (Å²) in [6, 6.07) is 0. The number of carbonyl (C=O) groups excluding carboxylic acids is 2. The summed E-state index contributed by atoms with van der Waals surface area (Å²) in [5.41, 5.74) is 0. The van der Waals surface area contributed by atoms with Crippen LogP contribution in [0.15, 0.2) is 12.7 Å². The van der Waals surface area contributed by atoms with E-state index < -0.39 is 12.1 Å². The minimum Gasteiger partial charge on any atom is -0.431 e. The number of hydrogen-bond donors (Lipinski definition) is 0. The molecule has 0 saturated heterocycles. The minimum absolute atomic E-state index is 0.0890. The second kappa shape index (κ2) is 5.42. The van der Waals surface area contributed by atoms with Crippen LogP contribution < -0.4 is 0 Å². The summed E-state index contributed by atoms with van der Waals surface area (Å²) in [7, 11) is 0. The lowest BCUT2D eigenvalue weighted by Gasteiger charge is -2.20. The van der Waals surface area contributed by atoms with Crippen LogP contribution in [0.5, 0.6) is 0 Å². The van der Waals surface area contributed by atoms with Gasteiger partial charge in [0, 0.05) is 6.08 Å². The average molecular weight is 198 g/mol. The Morgan fingerprint density at radius 3 is 2.43 bits per heavy atom. The van der Waals surface area contributed by atoms with Gasteiger partial charge in [-0.25, -0.2) is 9.59 Å². The summed E-state index contributed by atoms with van der Waals surface area (Å²) in [6.07, 6.45) is 4.95. The Bertz CT molecular complexity index is 228. The van der Waals surface area contributed by atoms with E-state index in [0.717, 1.165) is 31.8 Å². The number of hydrogen-bond acceptors (Lipinski definition) is 4. The molecule has 0 aromatic rings. The molecule has 0 aromatic carbocycles. The molecule has 1 fully saturated rings. The van der Waals surface area contributed by atoms with Crippen LogP contribution in [0.25, 0.3) is 0 Å². The molecule has 0 unspecified atom stereocenters. The van der Waals surface area contributed by atoms with Crippen LogP contribution in [0, 0.1) is 0 Å². The third-order valence-electron chi connectivity index (χ3n) is 2.17. The van der Waals surface area contributed by atoms with Gasteiger partial charge in [-0.15, -0.1) is 0 Å². The lowest BCUT2D eigenvalue weighted by Crippen LogP contribution is -2.22. The summed E-state index contributed by atoms with van der Waals surface area (Å²) in [6.45, 7) is 3.18. The largest absolute Gasteiger partial charge is 0.516 e. The standard InChI is InChI=1S/C10H14O4/c1-2-9(11)14-10(12)13-8-6-4-3-5-7-8/h2,8H,1,3-7H2. The maximum atomic E-state index is 11.0. The van der Waals surface area contributed by atoms with Crippen molar-refractivity contribution < 1.29 is 19.1 Å². The molecule has 0 aliphatic heterocycles. The molecule has 4 heteroatoms. The summed E-state index contributed by atoms with van der Waals surface area (Å²) in [5.74, 6) is -0.772. The third kappa shape index (κ3) is 3.60. The second-order valence-electron chi connectivity index (χ2n) is 3.25. The van der Waals surface area contributed by atoms with Crippen LogP contribution in [0.4, 0.5) is 4.79 Å². The lowest BCUT2D eigenvalue weighted by atomic mass is 9.98. The molecule has 14 heavy (non-hydrogen) atoms. The smallest absolute Gasteiger partial charge is 0.431 e. The summed E-state index contributed by atoms with van der Waals surface area (Å²) in [5, 5.41) is 0. The molecule has 0 bridgehead atoms. The molecular weight excluding hydrogens is 184 g/mol. The van der Waals surface area contributed by atoms with Crippen LogP contribution in [0.1, 0.15) is 32.1 Å². The van der Waals surface area contributed by atoms with Crippen LogP contribution in [-0.4, -0.2) is 18.2 Å². The molecule has 78 valence electrons. The second-order valence-corrected chi connectivity index (χ2v) is 3.25. The predicted molar refractivity (Wildman–Crippen MR) is 49.6 cm³/mol. The number of esters is 1. The molecule has 4 nitrogen and oxygen atoms in total. The first-order chi connectivity index (χ1) is 6.72. The summed E-state index contributed by atoms with van der Waals surface area (Å²) >= 11 is 0. The summed E-state index contributed by atoms with van der Waals surface area (Å²) in [4.78, 5) is 21.6. The van der Waals surface area contributed by atoms with Gasteiger partial charge in [-0.1, -0.05) is 13.0 Å². The zero-order valence-electron chi connectivity index (χ0n) is 8.03. The average Bonchev–Trinajstić information content (AvgIpc) is 2.19. The van der Waals surface area contributed by atoms with E-state index in [2.05, 4.69) is 11.3 Å². The Hall–Kier alpha value is -1.32. The van der Waals surface area contributed by atoms with Gasteiger partial charge in [0.2, 0.25) is 0 Å². The Morgan fingerprint density at radius 1 is 1.21 bits per heavy atom. The molecule has 0 atom stereocenters. The van der Waals surface area contributed by atoms with Gasteiger partial charge in [0.15, 0.2) is 0 Å². The van der Waals surface area contributed by atoms with Gasteiger partial charge in [-0.3, -0.25) is 0 Å². The maximum Gasteiger partial charge on any atom is 0.516 e. The van der Waals surface area contributed by atoms with Gasteiger partial charge < -0.3 is 9.47 Å². The predicted octanol–water partition coefficient (Wildman–Crippen LogP) is 2.18. The normalized spacial score (nSPS) is 17.1. The maximum absolute atomic E-state index is 11.0. The SMILES string of the molecule is C=CC(=O)OC(=O)OC1CCCCC1. The van der Waals surface area contributed by atoms with Crippen molar-refractivity contribution in [3.05, 3.63) is 12.7 Å². The Balaban J connectivity index is 2.25. The first kappa shape index (κ1) is 10.8. The van der Waals surface area contributed by atoms with E-state index in [1.807, 2.05) is 0 Å². The monoisotopic (exact) mass is 198 g/mol. The number of ether oxygens (including phenoxy) is 2. The lowest BCUT2D eigenvalue weighted by molar-refractivity contribution is -0.135. The molecule has 1 rings (SSSR count). The van der Waals surface area contributed by atoms with Crippen LogP contribution in [0.3, 0.4) is 0 Å². The van der Waals surface area contributed by atoms with E-state index in [9.17, 15) is 9.59 Å². The Morgan fingerprint density at radius 2 is 1.86 bits per heavy atom. The molecular formula is C10H14O4.